The molecule has 2 atom stereocenters. The highest BCUT2D eigenvalue weighted by molar-refractivity contribution is 5.86. The van der Waals surface area contributed by atoms with Crippen LogP contribution in [0.15, 0.2) is 55.7 Å². The fourth-order valence-corrected chi connectivity index (χ4v) is 4.25. The highest BCUT2D eigenvalue weighted by atomic mass is 19.3. The quantitative estimate of drug-likeness (QED) is 0.377. The van der Waals surface area contributed by atoms with Crippen molar-refractivity contribution < 1.29 is 22.0 Å². The maximum absolute atomic E-state index is 15.0. The molecule has 2 aliphatic rings. The second kappa shape index (κ2) is 13.9. The Morgan fingerprint density at radius 1 is 1.03 bits per heavy atom. The zero-order valence-electron chi connectivity index (χ0n) is 21.4. The van der Waals surface area contributed by atoms with Crippen molar-refractivity contribution in [2.24, 2.45) is 4.99 Å². The molecule has 1 unspecified atom stereocenters. The molecule has 9 heteroatoms. The van der Waals surface area contributed by atoms with E-state index in [9.17, 15) is 22.0 Å². The average molecular weight is 511 g/mol. The van der Waals surface area contributed by atoms with Crippen LogP contribution < -0.4 is 5.32 Å². The number of likely N-dealkylation sites (N-methyl/N-ethyl adjacent to an activating group) is 1. The van der Waals surface area contributed by atoms with E-state index in [0.717, 1.165) is 6.20 Å². The van der Waals surface area contributed by atoms with Gasteiger partial charge in [0.05, 0.1) is 24.6 Å². The fourth-order valence-electron chi connectivity index (χ4n) is 4.25. The molecule has 0 radical (unpaired) electrons. The van der Waals surface area contributed by atoms with Gasteiger partial charge in [-0.15, -0.1) is 26.3 Å². The number of aryl methyl sites for hydroxylation is 1. The van der Waals surface area contributed by atoms with E-state index in [2.05, 4.69) is 41.6 Å². The van der Waals surface area contributed by atoms with E-state index in [-0.39, 0.29) is 36.3 Å². The van der Waals surface area contributed by atoms with Crippen LogP contribution in [0.5, 0.6) is 0 Å². The molecule has 0 aliphatic carbocycles. The summed E-state index contributed by atoms with van der Waals surface area (Å²) in [6.07, 6.45) is 1.13. The Bertz CT molecular complexity index is 1040. The number of benzene rings is 1. The molecule has 0 saturated carbocycles. The third-order valence-electron chi connectivity index (χ3n) is 5.70. The van der Waals surface area contributed by atoms with Crippen LogP contribution in [0.3, 0.4) is 0 Å². The molecule has 3 heterocycles. The van der Waals surface area contributed by atoms with Crippen LogP contribution in [0.4, 0.5) is 22.0 Å². The lowest BCUT2D eigenvalue weighted by atomic mass is 9.89. The van der Waals surface area contributed by atoms with E-state index in [1.807, 2.05) is 13.8 Å². The molecule has 198 valence electrons. The summed E-state index contributed by atoms with van der Waals surface area (Å²) in [5, 5.41) is 2.62. The predicted octanol–water partition coefficient (Wildman–Crippen LogP) is 6.53. The van der Waals surface area contributed by atoms with Crippen LogP contribution in [-0.2, 0) is 0 Å². The van der Waals surface area contributed by atoms with Crippen LogP contribution >= 0.6 is 0 Å². The Morgan fingerprint density at radius 2 is 1.67 bits per heavy atom. The molecule has 1 N–H and O–H groups in total. The first-order valence-electron chi connectivity index (χ1n) is 11.6. The van der Waals surface area contributed by atoms with Gasteiger partial charge in [-0.05, 0) is 31.7 Å². The van der Waals surface area contributed by atoms with Crippen molar-refractivity contribution in [2.45, 2.75) is 45.1 Å². The molecule has 36 heavy (non-hydrogen) atoms. The molecular weight excluding hydrogens is 475 g/mol. The summed E-state index contributed by atoms with van der Waals surface area (Å²) < 4.78 is 70.9. The maximum Gasteiger partial charge on any atom is 0.281 e. The van der Waals surface area contributed by atoms with E-state index < -0.39 is 41.9 Å². The van der Waals surface area contributed by atoms with Gasteiger partial charge in [0.25, 0.3) is 5.92 Å². The third-order valence-corrected chi connectivity index (χ3v) is 5.70. The zero-order valence-corrected chi connectivity index (χ0v) is 21.4. The number of hydrogen-bond donors (Lipinski definition) is 1. The Kier molecular flexibility index (Phi) is 11.9. The van der Waals surface area contributed by atoms with Crippen LogP contribution in [0.1, 0.15) is 37.3 Å². The number of likely N-dealkylation sites (tertiary alicyclic amines) is 1. The molecular formula is C27H35F5N4. The minimum absolute atomic E-state index is 0.104. The second-order valence-electron chi connectivity index (χ2n) is 7.83. The monoisotopic (exact) mass is 510 g/mol. The van der Waals surface area contributed by atoms with Crippen LogP contribution in [0, 0.1) is 24.4 Å². The number of halogens is 5. The number of hydrogen-bond acceptors (Lipinski definition) is 4. The maximum atomic E-state index is 15.0. The Morgan fingerprint density at radius 3 is 2.22 bits per heavy atom. The number of aliphatic imine (C=N–C) groups is 1. The lowest BCUT2D eigenvalue weighted by molar-refractivity contribution is -0.00518. The van der Waals surface area contributed by atoms with Crippen molar-refractivity contribution in [1.29, 1.82) is 0 Å². The summed E-state index contributed by atoms with van der Waals surface area (Å²) >= 11 is 0. The Labute approximate surface area is 210 Å². The minimum atomic E-state index is -2.89. The van der Waals surface area contributed by atoms with Gasteiger partial charge in [0.15, 0.2) is 5.82 Å². The Balaban J connectivity index is 0.00000101. The van der Waals surface area contributed by atoms with Crippen molar-refractivity contribution in [1.82, 2.24) is 15.2 Å². The highest BCUT2D eigenvalue weighted by Gasteiger charge is 2.48. The lowest BCUT2D eigenvalue weighted by Crippen LogP contribution is -2.41. The van der Waals surface area contributed by atoms with Crippen molar-refractivity contribution >= 4 is 5.84 Å². The summed E-state index contributed by atoms with van der Waals surface area (Å²) in [6.45, 7) is 17.5. The van der Waals surface area contributed by atoms with Crippen molar-refractivity contribution in [2.75, 3.05) is 26.7 Å². The summed E-state index contributed by atoms with van der Waals surface area (Å²) in [5.41, 5.74) is 0.858. The van der Waals surface area contributed by atoms with E-state index in [0.29, 0.717) is 17.5 Å². The first kappa shape index (κ1) is 31.0. The topological polar surface area (TPSA) is 40.5 Å². The van der Waals surface area contributed by atoms with Gasteiger partial charge in [-0.1, -0.05) is 13.8 Å². The molecule has 1 aromatic carbocycles. The molecule has 4 rings (SSSR count). The molecule has 2 aromatic rings. The molecule has 2 aliphatic heterocycles. The molecule has 4 nitrogen and oxygen atoms in total. The van der Waals surface area contributed by atoms with E-state index >= 15 is 0 Å². The summed E-state index contributed by atoms with van der Waals surface area (Å²) in [4.78, 5) is 9.73. The van der Waals surface area contributed by atoms with Gasteiger partial charge in [-0.25, -0.2) is 22.0 Å². The van der Waals surface area contributed by atoms with Crippen LogP contribution in [-0.4, -0.2) is 54.4 Å². The van der Waals surface area contributed by atoms with Gasteiger partial charge in [-0.3, -0.25) is 9.98 Å². The second-order valence-corrected chi connectivity index (χ2v) is 7.83. The number of nitrogens with one attached hydrogen (secondary N) is 1. The highest BCUT2D eigenvalue weighted by Crippen LogP contribution is 2.39. The van der Waals surface area contributed by atoms with Gasteiger partial charge >= 0.3 is 0 Å². The summed E-state index contributed by atoms with van der Waals surface area (Å²) in [6, 6.07) is 2.65. The number of amidine groups is 1. The fraction of sp³-hybridized carbons (Fsp3) is 0.407. The van der Waals surface area contributed by atoms with Crippen molar-refractivity contribution in [3.05, 3.63) is 79.3 Å². The van der Waals surface area contributed by atoms with Gasteiger partial charge < -0.3 is 10.2 Å². The van der Waals surface area contributed by atoms with Crippen LogP contribution in [0.25, 0.3) is 11.3 Å². The molecule has 1 aromatic heterocycles. The molecule has 0 spiro atoms. The standard InChI is InChI=1S/C21H21F5N4.C2H6.2C2H4/c1-11-3-14(20-16(24)6-13(22)8-29-20)19(15(23)4-11)12-5-18(28-7-12)30-9-17(27-2)21(25,26)10-30;3*1-2/h3-4,6,8,12,17,27H,5,7,9-10H2,1-2H3;1-2H3;2*1-2H2/t12?,17-;;;/m1.../s1. The number of pyridine rings is 1. The smallest absolute Gasteiger partial charge is 0.281 e. The van der Waals surface area contributed by atoms with Gasteiger partial charge in [-0.2, -0.15) is 0 Å². The molecule has 1 saturated heterocycles. The number of rotatable bonds is 3. The number of aromatic nitrogens is 1. The summed E-state index contributed by atoms with van der Waals surface area (Å²) in [7, 11) is 1.49. The van der Waals surface area contributed by atoms with Crippen molar-refractivity contribution in [3.63, 3.8) is 0 Å². The number of alkyl halides is 2. The van der Waals surface area contributed by atoms with Gasteiger partial charge in [0, 0.05) is 42.6 Å². The van der Waals surface area contributed by atoms with E-state index in [4.69, 9.17) is 0 Å². The van der Waals surface area contributed by atoms with Crippen LogP contribution in [0.2, 0.25) is 0 Å². The minimum Gasteiger partial charge on any atom is -0.352 e. The average Bonchev–Trinajstić information content (AvgIpc) is 3.46. The molecule has 0 bridgehead atoms. The summed E-state index contributed by atoms with van der Waals surface area (Å²) in [5.74, 6) is -5.13. The first-order valence-corrected chi connectivity index (χ1v) is 11.6. The van der Waals surface area contributed by atoms with Crippen molar-refractivity contribution in [3.8, 4) is 11.3 Å². The Hall–Kier alpha value is -3.07. The lowest BCUT2D eigenvalue weighted by Gasteiger charge is -2.20. The van der Waals surface area contributed by atoms with E-state index in [1.165, 1.54) is 18.0 Å². The molecule has 1 fully saturated rings. The predicted molar refractivity (Wildman–Crippen MR) is 137 cm³/mol. The van der Waals surface area contributed by atoms with Gasteiger partial charge in [0.1, 0.15) is 17.3 Å². The number of nitrogens with zero attached hydrogens (tertiary/aromatic N) is 3. The van der Waals surface area contributed by atoms with E-state index in [1.54, 1.807) is 13.0 Å². The van der Waals surface area contributed by atoms with Gasteiger partial charge in [0.2, 0.25) is 0 Å². The first-order chi connectivity index (χ1) is 17.2. The normalized spacial score (nSPS) is 19.7. The largest absolute Gasteiger partial charge is 0.352 e. The zero-order chi connectivity index (χ0) is 27.6. The SMILES string of the molecule is C=C.C=C.CC.CN[C@@H]1CN(C2=NCC(c3c(F)cc(C)cc3-c3ncc(F)cc3F)C2)CC1(F)F. The third kappa shape index (κ3) is 6.78. The molecule has 0 amide bonds.